The molecule has 2 rings (SSSR count). The molecule has 0 saturated heterocycles. The van der Waals surface area contributed by atoms with Gasteiger partial charge in [0, 0.05) is 0 Å². The fourth-order valence-electron chi connectivity index (χ4n) is 1.29. The minimum absolute atomic E-state index is 0.0462. The van der Waals surface area contributed by atoms with Crippen molar-refractivity contribution < 1.29 is 14.3 Å². The summed E-state index contributed by atoms with van der Waals surface area (Å²) in [6.45, 7) is 0. The topological polar surface area (TPSA) is 105 Å². The Morgan fingerprint density at radius 3 is 2.83 bits per heavy atom. The lowest BCUT2D eigenvalue weighted by atomic mass is 10.4. The number of ether oxygens (including phenoxy) is 2. The van der Waals surface area contributed by atoms with Crippen LogP contribution in [0.5, 0.6) is 5.88 Å². The summed E-state index contributed by atoms with van der Waals surface area (Å²) in [6.07, 6.45) is 1.35. The standard InChI is InChI=1S/C10H11N5O3/c1-17-9-6(11)3-4-7(13-9)15-5-12-8(14-15)10(16)18-2/h3-5H,11H2,1-2H3. The monoisotopic (exact) mass is 249 g/mol. The number of anilines is 1. The lowest BCUT2D eigenvalue weighted by Crippen LogP contribution is -2.06. The Hall–Kier alpha value is -2.64. The van der Waals surface area contributed by atoms with Gasteiger partial charge >= 0.3 is 5.97 Å². The average molecular weight is 249 g/mol. The van der Waals surface area contributed by atoms with Crippen LogP contribution in [-0.4, -0.2) is 39.9 Å². The third kappa shape index (κ3) is 2.08. The summed E-state index contributed by atoms with van der Waals surface area (Å²) >= 11 is 0. The number of carbonyl (C=O) groups is 1. The van der Waals surface area contributed by atoms with Crippen LogP contribution in [0, 0.1) is 0 Å². The van der Waals surface area contributed by atoms with Crippen molar-refractivity contribution in [2.75, 3.05) is 20.0 Å². The van der Waals surface area contributed by atoms with Crippen molar-refractivity contribution in [2.45, 2.75) is 0 Å². The van der Waals surface area contributed by atoms with Crippen molar-refractivity contribution in [3.63, 3.8) is 0 Å². The van der Waals surface area contributed by atoms with Gasteiger partial charge in [0.15, 0.2) is 5.82 Å². The predicted molar refractivity (Wildman–Crippen MR) is 61.5 cm³/mol. The molecule has 0 radical (unpaired) electrons. The highest BCUT2D eigenvalue weighted by atomic mass is 16.5. The number of carbonyl (C=O) groups excluding carboxylic acids is 1. The van der Waals surface area contributed by atoms with Gasteiger partial charge in [-0.1, -0.05) is 0 Å². The second-order valence-corrected chi connectivity index (χ2v) is 3.27. The fraction of sp³-hybridized carbons (Fsp3) is 0.200. The molecular formula is C10H11N5O3. The van der Waals surface area contributed by atoms with Gasteiger partial charge in [0.1, 0.15) is 6.33 Å². The van der Waals surface area contributed by atoms with E-state index in [1.807, 2.05) is 0 Å². The van der Waals surface area contributed by atoms with Crippen LogP contribution in [-0.2, 0) is 4.74 Å². The fourth-order valence-corrected chi connectivity index (χ4v) is 1.29. The van der Waals surface area contributed by atoms with Crippen LogP contribution in [0.1, 0.15) is 10.6 Å². The quantitative estimate of drug-likeness (QED) is 0.765. The third-order valence-electron chi connectivity index (χ3n) is 2.16. The molecule has 0 aliphatic rings. The van der Waals surface area contributed by atoms with E-state index in [0.29, 0.717) is 11.5 Å². The number of nitrogen functional groups attached to an aromatic ring is 1. The number of nitrogens with two attached hydrogens (primary N) is 1. The van der Waals surface area contributed by atoms with E-state index >= 15 is 0 Å². The number of esters is 1. The summed E-state index contributed by atoms with van der Waals surface area (Å²) in [6, 6.07) is 3.26. The molecule has 0 aliphatic carbocycles. The largest absolute Gasteiger partial charge is 0.479 e. The average Bonchev–Trinajstić information content (AvgIpc) is 2.88. The Bertz CT molecular complexity index is 581. The maximum absolute atomic E-state index is 11.2. The summed E-state index contributed by atoms with van der Waals surface area (Å²) in [4.78, 5) is 19.1. The molecule has 2 N–H and O–H groups in total. The smallest absolute Gasteiger partial charge is 0.377 e. The van der Waals surface area contributed by atoms with E-state index in [4.69, 9.17) is 10.5 Å². The molecule has 2 aromatic heterocycles. The van der Waals surface area contributed by atoms with Crippen LogP contribution in [0.25, 0.3) is 5.82 Å². The predicted octanol–water partition coefficient (Wildman–Crippen LogP) is 0.0397. The number of hydrogen-bond donors (Lipinski definition) is 1. The molecule has 2 heterocycles. The molecule has 0 unspecified atom stereocenters. The highest BCUT2D eigenvalue weighted by Crippen LogP contribution is 2.19. The molecule has 8 nitrogen and oxygen atoms in total. The number of pyridine rings is 1. The Morgan fingerprint density at radius 2 is 2.17 bits per heavy atom. The van der Waals surface area contributed by atoms with Crippen molar-refractivity contribution in [1.82, 2.24) is 19.7 Å². The molecule has 0 amide bonds. The molecule has 0 atom stereocenters. The van der Waals surface area contributed by atoms with Gasteiger partial charge in [-0.25, -0.2) is 14.5 Å². The third-order valence-corrected chi connectivity index (χ3v) is 2.16. The number of rotatable bonds is 3. The van der Waals surface area contributed by atoms with E-state index in [2.05, 4.69) is 19.8 Å². The molecule has 0 spiro atoms. The van der Waals surface area contributed by atoms with Crippen LogP contribution in [0.15, 0.2) is 18.5 Å². The summed E-state index contributed by atoms with van der Waals surface area (Å²) in [5.74, 6) is 0.0533. The molecule has 8 heteroatoms. The van der Waals surface area contributed by atoms with Gasteiger partial charge in [-0.3, -0.25) is 0 Å². The second-order valence-electron chi connectivity index (χ2n) is 3.27. The van der Waals surface area contributed by atoms with Gasteiger partial charge in [-0.2, -0.15) is 4.98 Å². The van der Waals surface area contributed by atoms with Gasteiger partial charge in [-0.05, 0) is 12.1 Å². The number of hydrogen-bond acceptors (Lipinski definition) is 7. The van der Waals surface area contributed by atoms with Crippen LogP contribution in [0.2, 0.25) is 0 Å². The molecular weight excluding hydrogens is 238 g/mol. The lowest BCUT2D eigenvalue weighted by Gasteiger charge is -2.05. The van der Waals surface area contributed by atoms with Crippen molar-refractivity contribution in [2.24, 2.45) is 0 Å². The maximum atomic E-state index is 11.2. The molecule has 0 aromatic carbocycles. The van der Waals surface area contributed by atoms with Crippen LogP contribution < -0.4 is 10.5 Å². The summed E-state index contributed by atoms with van der Waals surface area (Å²) in [7, 11) is 2.72. The first kappa shape index (κ1) is 11.8. The first-order valence-electron chi connectivity index (χ1n) is 4.96. The zero-order valence-corrected chi connectivity index (χ0v) is 9.82. The van der Waals surface area contributed by atoms with Crippen molar-refractivity contribution in [3.05, 3.63) is 24.3 Å². The lowest BCUT2D eigenvalue weighted by molar-refractivity contribution is 0.0587. The van der Waals surface area contributed by atoms with Gasteiger partial charge in [0.25, 0.3) is 5.82 Å². The zero-order chi connectivity index (χ0) is 13.1. The van der Waals surface area contributed by atoms with E-state index in [9.17, 15) is 4.79 Å². The normalized spacial score (nSPS) is 10.1. The molecule has 0 fully saturated rings. The first-order chi connectivity index (χ1) is 8.65. The van der Waals surface area contributed by atoms with Crippen molar-refractivity contribution >= 4 is 11.7 Å². The van der Waals surface area contributed by atoms with E-state index in [-0.39, 0.29) is 11.7 Å². The number of methoxy groups -OCH3 is 2. The van der Waals surface area contributed by atoms with Crippen LogP contribution in [0.4, 0.5) is 5.69 Å². The minimum atomic E-state index is -0.615. The second kappa shape index (κ2) is 4.70. The molecule has 2 aromatic rings. The van der Waals surface area contributed by atoms with Gasteiger partial charge < -0.3 is 15.2 Å². The van der Waals surface area contributed by atoms with Crippen LogP contribution in [0.3, 0.4) is 0 Å². The number of nitrogens with zero attached hydrogens (tertiary/aromatic N) is 4. The Morgan fingerprint density at radius 1 is 1.39 bits per heavy atom. The van der Waals surface area contributed by atoms with E-state index in [0.717, 1.165) is 0 Å². The number of aromatic nitrogens is 4. The molecule has 0 aliphatic heterocycles. The maximum Gasteiger partial charge on any atom is 0.377 e. The summed E-state index contributed by atoms with van der Waals surface area (Å²) in [5, 5.41) is 3.93. The first-order valence-corrected chi connectivity index (χ1v) is 4.96. The molecule has 0 bridgehead atoms. The minimum Gasteiger partial charge on any atom is -0.479 e. The zero-order valence-electron chi connectivity index (χ0n) is 9.82. The SMILES string of the molecule is COC(=O)c1ncn(-c2ccc(N)c(OC)n2)n1. The van der Waals surface area contributed by atoms with Crippen molar-refractivity contribution in [1.29, 1.82) is 0 Å². The van der Waals surface area contributed by atoms with Gasteiger partial charge in [0.05, 0.1) is 19.9 Å². The highest BCUT2D eigenvalue weighted by molar-refractivity contribution is 5.84. The molecule has 18 heavy (non-hydrogen) atoms. The molecule has 0 saturated carbocycles. The highest BCUT2D eigenvalue weighted by Gasteiger charge is 2.13. The Balaban J connectivity index is 2.37. The summed E-state index contributed by atoms with van der Waals surface area (Å²) < 4.78 is 10.8. The molecule has 94 valence electrons. The Kier molecular flexibility index (Phi) is 3.09. The van der Waals surface area contributed by atoms with Gasteiger partial charge in [0.2, 0.25) is 5.88 Å². The van der Waals surface area contributed by atoms with E-state index in [1.165, 1.54) is 25.2 Å². The summed E-state index contributed by atoms with van der Waals surface area (Å²) in [5.41, 5.74) is 6.06. The van der Waals surface area contributed by atoms with E-state index < -0.39 is 5.97 Å². The van der Waals surface area contributed by atoms with Gasteiger partial charge in [-0.15, -0.1) is 5.10 Å². The Labute approximate surface area is 102 Å². The van der Waals surface area contributed by atoms with Crippen LogP contribution >= 0.6 is 0 Å². The van der Waals surface area contributed by atoms with Crippen molar-refractivity contribution in [3.8, 4) is 11.7 Å². The van der Waals surface area contributed by atoms with E-state index in [1.54, 1.807) is 12.1 Å².